The highest BCUT2D eigenvalue weighted by molar-refractivity contribution is 7.19. The summed E-state index contributed by atoms with van der Waals surface area (Å²) in [6, 6.07) is 11.9. The van der Waals surface area contributed by atoms with Crippen molar-refractivity contribution in [3.63, 3.8) is 0 Å². The van der Waals surface area contributed by atoms with Gasteiger partial charge in [0.1, 0.15) is 5.82 Å². The van der Waals surface area contributed by atoms with Crippen LogP contribution in [-0.4, -0.2) is 12.0 Å². The van der Waals surface area contributed by atoms with E-state index in [9.17, 15) is 4.39 Å². The highest BCUT2D eigenvalue weighted by Gasteiger charge is 2.18. The van der Waals surface area contributed by atoms with Crippen molar-refractivity contribution < 1.29 is 4.39 Å². The minimum atomic E-state index is -0.278. The molecule has 0 aliphatic rings. The van der Waals surface area contributed by atoms with Crippen LogP contribution in [-0.2, 0) is 0 Å². The van der Waals surface area contributed by atoms with Gasteiger partial charge in [0, 0.05) is 21.3 Å². The van der Waals surface area contributed by atoms with Crippen LogP contribution < -0.4 is 5.32 Å². The maximum atomic E-state index is 13.9. The molecule has 2 aromatic heterocycles. The first-order valence-electron chi connectivity index (χ1n) is 6.05. The van der Waals surface area contributed by atoms with E-state index in [1.165, 1.54) is 16.3 Å². The number of halogens is 1. The molecule has 1 atom stereocenters. The molecule has 0 saturated heterocycles. The standard InChI is InChI=1S/C15H13FN2S/c1-17-15(11-6-7-18-9-12(11)16)14-8-10-4-2-3-5-13(10)19-14/h2-9,15,17H,1H3. The fourth-order valence-electron chi connectivity index (χ4n) is 2.22. The van der Waals surface area contributed by atoms with Gasteiger partial charge in [-0.2, -0.15) is 0 Å². The number of nitrogens with one attached hydrogen (secondary N) is 1. The lowest BCUT2D eigenvalue weighted by atomic mass is 10.1. The lowest BCUT2D eigenvalue weighted by molar-refractivity contribution is 0.574. The zero-order chi connectivity index (χ0) is 13.2. The predicted molar refractivity (Wildman–Crippen MR) is 76.9 cm³/mol. The molecular weight excluding hydrogens is 259 g/mol. The molecule has 3 aromatic rings. The molecule has 0 amide bonds. The quantitative estimate of drug-likeness (QED) is 0.785. The second-order valence-electron chi connectivity index (χ2n) is 4.31. The predicted octanol–water partition coefficient (Wildman–Crippen LogP) is 3.74. The van der Waals surface area contributed by atoms with Crippen LogP contribution in [0.3, 0.4) is 0 Å². The molecule has 1 aromatic carbocycles. The molecule has 2 nitrogen and oxygen atoms in total. The van der Waals surface area contributed by atoms with Gasteiger partial charge in [-0.05, 0) is 30.6 Å². The molecular formula is C15H13FN2S. The van der Waals surface area contributed by atoms with Crippen LogP contribution in [0.25, 0.3) is 10.1 Å². The minimum Gasteiger partial charge on any atom is -0.309 e. The summed E-state index contributed by atoms with van der Waals surface area (Å²) in [5.74, 6) is -0.278. The SMILES string of the molecule is CNC(c1cc2ccccc2s1)c1ccncc1F. The van der Waals surface area contributed by atoms with E-state index in [4.69, 9.17) is 0 Å². The summed E-state index contributed by atoms with van der Waals surface area (Å²) < 4.78 is 15.1. The Hall–Kier alpha value is -1.78. The van der Waals surface area contributed by atoms with Crippen LogP contribution in [0, 0.1) is 5.82 Å². The van der Waals surface area contributed by atoms with Gasteiger partial charge >= 0.3 is 0 Å². The summed E-state index contributed by atoms with van der Waals surface area (Å²) in [6.45, 7) is 0. The largest absolute Gasteiger partial charge is 0.309 e. The third kappa shape index (κ3) is 2.25. The summed E-state index contributed by atoms with van der Waals surface area (Å²) >= 11 is 1.68. The van der Waals surface area contributed by atoms with Gasteiger partial charge in [-0.25, -0.2) is 4.39 Å². The Morgan fingerprint density at radius 3 is 2.84 bits per heavy atom. The summed E-state index contributed by atoms with van der Waals surface area (Å²) in [7, 11) is 1.84. The van der Waals surface area contributed by atoms with Crippen molar-refractivity contribution in [2.75, 3.05) is 7.05 Å². The number of thiophene rings is 1. The molecule has 4 heteroatoms. The van der Waals surface area contributed by atoms with E-state index in [2.05, 4.69) is 28.5 Å². The highest BCUT2D eigenvalue weighted by atomic mass is 32.1. The molecule has 0 aliphatic carbocycles. The molecule has 0 fully saturated rings. The van der Waals surface area contributed by atoms with E-state index < -0.39 is 0 Å². The molecule has 0 saturated carbocycles. The molecule has 0 bridgehead atoms. The molecule has 0 spiro atoms. The lowest BCUT2D eigenvalue weighted by Crippen LogP contribution is -2.17. The van der Waals surface area contributed by atoms with Gasteiger partial charge in [0.05, 0.1) is 12.2 Å². The zero-order valence-corrected chi connectivity index (χ0v) is 11.2. The fourth-order valence-corrected chi connectivity index (χ4v) is 3.41. The van der Waals surface area contributed by atoms with Crippen molar-refractivity contribution in [1.29, 1.82) is 0 Å². The highest BCUT2D eigenvalue weighted by Crippen LogP contribution is 2.33. The van der Waals surface area contributed by atoms with E-state index in [0.717, 1.165) is 4.88 Å². The zero-order valence-electron chi connectivity index (χ0n) is 10.4. The molecule has 1 N–H and O–H groups in total. The Morgan fingerprint density at radius 1 is 1.26 bits per heavy atom. The number of pyridine rings is 1. The number of nitrogens with zero attached hydrogens (tertiary/aromatic N) is 1. The summed E-state index contributed by atoms with van der Waals surface area (Å²) in [5, 5.41) is 4.37. The first-order chi connectivity index (χ1) is 9.29. The molecule has 2 heterocycles. The van der Waals surface area contributed by atoms with Crippen molar-refractivity contribution >= 4 is 21.4 Å². The van der Waals surface area contributed by atoms with Crippen LogP contribution >= 0.6 is 11.3 Å². The Kier molecular flexibility index (Phi) is 3.27. The maximum absolute atomic E-state index is 13.9. The lowest BCUT2D eigenvalue weighted by Gasteiger charge is -2.15. The van der Waals surface area contributed by atoms with E-state index >= 15 is 0 Å². The van der Waals surface area contributed by atoms with Gasteiger partial charge in [0.15, 0.2) is 0 Å². The Morgan fingerprint density at radius 2 is 2.11 bits per heavy atom. The second-order valence-corrected chi connectivity index (χ2v) is 5.42. The van der Waals surface area contributed by atoms with Gasteiger partial charge < -0.3 is 5.32 Å². The van der Waals surface area contributed by atoms with E-state index in [-0.39, 0.29) is 11.9 Å². The first kappa shape index (κ1) is 12.3. The third-order valence-corrected chi connectivity index (χ3v) is 4.31. The van der Waals surface area contributed by atoms with E-state index in [1.54, 1.807) is 23.6 Å². The second kappa shape index (κ2) is 5.07. The molecule has 3 rings (SSSR count). The van der Waals surface area contributed by atoms with Gasteiger partial charge in [0.2, 0.25) is 0 Å². The van der Waals surface area contributed by atoms with Crippen molar-refractivity contribution in [3.05, 3.63) is 65.0 Å². The Balaban J connectivity index is 2.09. The fraction of sp³-hybridized carbons (Fsp3) is 0.133. The Bertz CT molecular complexity index is 675. The van der Waals surface area contributed by atoms with Crippen LogP contribution in [0.15, 0.2) is 48.8 Å². The van der Waals surface area contributed by atoms with Crippen LogP contribution in [0.1, 0.15) is 16.5 Å². The van der Waals surface area contributed by atoms with E-state index in [1.807, 2.05) is 19.2 Å². The molecule has 96 valence electrons. The van der Waals surface area contributed by atoms with Crippen LogP contribution in [0.4, 0.5) is 4.39 Å². The number of rotatable bonds is 3. The van der Waals surface area contributed by atoms with Crippen molar-refractivity contribution in [2.45, 2.75) is 6.04 Å². The molecule has 0 radical (unpaired) electrons. The van der Waals surface area contributed by atoms with Crippen LogP contribution in [0.5, 0.6) is 0 Å². The summed E-state index contributed by atoms with van der Waals surface area (Å²) in [6.07, 6.45) is 2.88. The topological polar surface area (TPSA) is 24.9 Å². The van der Waals surface area contributed by atoms with Crippen molar-refractivity contribution in [2.24, 2.45) is 0 Å². The average Bonchev–Trinajstić information content (AvgIpc) is 2.85. The van der Waals surface area contributed by atoms with Crippen molar-refractivity contribution in [1.82, 2.24) is 10.3 Å². The molecule has 1 unspecified atom stereocenters. The molecule has 19 heavy (non-hydrogen) atoms. The maximum Gasteiger partial charge on any atom is 0.146 e. The van der Waals surface area contributed by atoms with Crippen LogP contribution in [0.2, 0.25) is 0 Å². The molecule has 0 aliphatic heterocycles. The van der Waals surface area contributed by atoms with Crippen molar-refractivity contribution in [3.8, 4) is 0 Å². The summed E-state index contributed by atoms with van der Waals surface area (Å²) in [4.78, 5) is 4.90. The van der Waals surface area contributed by atoms with Gasteiger partial charge in [-0.1, -0.05) is 18.2 Å². The number of benzene rings is 1. The Labute approximate surface area is 114 Å². The monoisotopic (exact) mass is 272 g/mol. The van der Waals surface area contributed by atoms with Gasteiger partial charge in [-0.3, -0.25) is 4.98 Å². The number of aromatic nitrogens is 1. The number of hydrogen-bond donors (Lipinski definition) is 1. The first-order valence-corrected chi connectivity index (χ1v) is 6.86. The average molecular weight is 272 g/mol. The third-order valence-electron chi connectivity index (χ3n) is 3.13. The number of hydrogen-bond acceptors (Lipinski definition) is 3. The smallest absolute Gasteiger partial charge is 0.146 e. The summed E-state index contributed by atoms with van der Waals surface area (Å²) in [5.41, 5.74) is 0.629. The number of fused-ring (bicyclic) bond motifs is 1. The normalized spacial score (nSPS) is 12.7. The van der Waals surface area contributed by atoms with Gasteiger partial charge in [0.25, 0.3) is 0 Å². The van der Waals surface area contributed by atoms with Gasteiger partial charge in [-0.15, -0.1) is 11.3 Å². The van der Waals surface area contributed by atoms with E-state index in [0.29, 0.717) is 5.56 Å². The minimum absolute atomic E-state index is 0.139.